The Morgan fingerprint density at radius 1 is 1.38 bits per heavy atom. The second-order valence-corrected chi connectivity index (χ2v) is 7.44. The van der Waals surface area contributed by atoms with Crippen molar-refractivity contribution in [1.29, 1.82) is 0 Å². The highest BCUT2D eigenvalue weighted by molar-refractivity contribution is 9.10. The van der Waals surface area contributed by atoms with Gasteiger partial charge in [-0.3, -0.25) is 9.69 Å². The summed E-state index contributed by atoms with van der Waals surface area (Å²) < 4.78 is 0.813. The third kappa shape index (κ3) is 5.00. The van der Waals surface area contributed by atoms with Crippen molar-refractivity contribution < 1.29 is 4.79 Å². The Balaban J connectivity index is 1.89. The number of carbonyl (C=O) groups excluding carboxylic acids is 1. The average Bonchev–Trinajstić information content (AvgIpc) is 2.54. The molecule has 0 saturated carbocycles. The highest BCUT2D eigenvalue weighted by atomic mass is 79.9. The molecular weight excluding hydrogens is 330 g/mol. The number of anilines is 2. The van der Waals surface area contributed by atoms with Crippen LogP contribution in [0.25, 0.3) is 0 Å². The molecule has 0 aromatic heterocycles. The van der Waals surface area contributed by atoms with Gasteiger partial charge in [0.15, 0.2) is 0 Å². The van der Waals surface area contributed by atoms with Gasteiger partial charge in [0.05, 0.1) is 12.2 Å². The number of halogens is 1. The molecule has 1 aromatic rings. The van der Waals surface area contributed by atoms with Crippen LogP contribution in [0.15, 0.2) is 22.7 Å². The first-order valence-electron chi connectivity index (χ1n) is 7.43. The molecule has 0 radical (unpaired) electrons. The SMILES string of the molecule is CC1(C)CCCN(CC(=O)Nc2ccc(N)cc2Br)CC1. The smallest absolute Gasteiger partial charge is 0.238 e. The summed E-state index contributed by atoms with van der Waals surface area (Å²) in [4.78, 5) is 14.4. The Morgan fingerprint density at radius 2 is 2.14 bits per heavy atom. The Morgan fingerprint density at radius 3 is 2.86 bits per heavy atom. The molecule has 0 aliphatic carbocycles. The molecule has 5 heteroatoms. The van der Waals surface area contributed by atoms with Crippen molar-refractivity contribution in [3.05, 3.63) is 22.7 Å². The van der Waals surface area contributed by atoms with E-state index in [4.69, 9.17) is 5.73 Å². The maximum absolute atomic E-state index is 12.2. The number of nitrogens with one attached hydrogen (secondary N) is 1. The van der Waals surface area contributed by atoms with Crippen LogP contribution in [0.5, 0.6) is 0 Å². The number of rotatable bonds is 3. The molecule has 1 saturated heterocycles. The van der Waals surface area contributed by atoms with Crippen LogP contribution >= 0.6 is 15.9 Å². The van der Waals surface area contributed by atoms with Crippen LogP contribution in [0.2, 0.25) is 0 Å². The van der Waals surface area contributed by atoms with E-state index in [-0.39, 0.29) is 5.91 Å². The summed E-state index contributed by atoms with van der Waals surface area (Å²) in [5, 5.41) is 2.94. The summed E-state index contributed by atoms with van der Waals surface area (Å²) in [6.07, 6.45) is 3.53. The molecule has 2 rings (SSSR count). The summed E-state index contributed by atoms with van der Waals surface area (Å²) >= 11 is 3.42. The summed E-state index contributed by atoms with van der Waals surface area (Å²) in [5.41, 5.74) is 7.54. The lowest BCUT2D eigenvalue weighted by atomic mass is 9.85. The van der Waals surface area contributed by atoms with Crippen molar-refractivity contribution in [2.45, 2.75) is 33.1 Å². The van der Waals surface area contributed by atoms with Crippen LogP contribution in [0.3, 0.4) is 0 Å². The van der Waals surface area contributed by atoms with E-state index in [0.29, 0.717) is 17.6 Å². The quantitative estimate of drug-likeness (QED) is 0.817. The van der Waals surface area contributed by atoms with Gasteiger partial charge in [0.2, 0.25) is 5.91 Å². The van der Waals surface area contributed by atoms with Gasteiger partial charge < -0.3 is 11.1 Å². The van der Waals surface area contributed by atoms with Crippen molar-refractivity contribution in [3.63, 3.8) is 0 Å². The fourth-order valence-electron chi connectivity index (χ4n) is 2.66. The lowest BCUT2D eigenvalue weighted by Crippen LogP contribution is -2.34. The fourth-order valence-corrected chi connectivity index (χ4v) is 3.16. The highest BCUT2D eigenvalue weighted by Crippen LogP contribution is 2.29. The van der Waals surface area contributed by atoms with Gasteiger partial charge in [-0.25, -0.2) is 0 Å². The number of nitrogens with zero attached hydrogens (tertiary/aromatic N) is 1. The predicted octanol–water partition coefficient (Wildman–Crippen LogP) is 3.48. The molecule has 1 heterocycles. The summed E-state index contributed by atoms with van der Waals surface area (Å²) in [5.74, 6) is 0.0279. The van der Waals surface area contributed by atoms with Crippen LogP contribution in [-0.2, 0) is 4.79 Å². The monoisotopic (exact) mass is 353 g/mol. The maximum atomic E-state index is 12.2. The van der Waals surface area contributed by atoms with Crippen molar-refractivity contribution in [2.24, 2.45) is 5.41 Å². The van der Waals surface area contributed by atoms with Crippen molar-refractivity contribution >= 4 is 33.2 Å². The van der Waals surface area contributed by atoms with Gasteiger partial charge in [-0.05, 0) is 71.9 Å². The van der Waals surface area contributed by atoms with Crippen molar-refractivity contribution in [3.8, 4) is 0 Å². The topological polar surface area (TPSA) is 58.4 Å². The zero-order valence-corrected chi connectivity index (χ0v) is 14.4. The van der Waals surface area contributed by atoms with E-state index in [1.54, 1.807) is 12.1 Å². The van der Waals surface area contributed by atoms with Crippen LogP contribution < -0.4 is 11.1 Å². The molecule has 116 valence electrons. The molecule has 1 aliphatic rings. The Kier molecular flexibility index (Phi) is 5.27. The number of amides is 1. The van der Waals surface area contributed by atoms with Crippen LogP contribution in [0, 0.1) is 5.41 Å². The lowest BCUT2D eigenvalue weighted by molar-refractivity contribution is -0.117. The van der Waals surface area contributed by atoms with Gasteiger partial charge in [-0.2, -0.15) is 0 Å². The molecular formula is C16H24BrN3O. The van der Waals surface area contributed by atoms with Crippen molar-refractivity contribution in [1.82, 2.24) is 4.90 Å². The predicted molar refractivity (Wildman–Crippen MR) is 91.3 cm³/mol. The molecule has 3 N–H and O–H groups in total. The molecule has 21 heavy (non-hydrogen) atoms. The average molecular weight is 354 g/mol. The van der Waals surface area contributed by atoms with Crippen molar-refractivity contribution in [2.75, 3.05) is 30.7 Å². The fraction of sp³-hybridized carbons (Fsp3) is 0.562. The summed E-state index contributed by atoms with van der Waals surface area (Å²) in [7, 11) is 0. The molecule has 1 aromatic carbocycles. The third-order valence-electron chi connectivity index (χ3n) is 4.07. The normalized spacial score (nSPS) is 19.0. The molecule has 0 atom stereocenters. The third-order valence-corrected chi connectivity index (χ3v) is 4.72. The molecule has 1 aliphatic heterocycles. The first kappa shape index (κ1) is 16.3. The van der Waals surface area contributed by atoms with E-state index in [2.05, 4.69) is 40.0 Å². The van der Waals surface area contributed by atoms with Gasteiger partial charge in [0, 0.05) is 10.2 Å². The second-order valence-electron chi connectivity index (χ2n) is 6.58. The van der Waals surface area contributed by atoms with E-state index in [1.807, 2.05) is 6.07 Å². The largest absolute Gasteiger partial charge is 0.399 e. The van der Waals surface area contributed by atoms with E-state index >= 15 is 0 Å². The number of nitrogen functional groups attached to an aromatic ring is 1. The number of hydrogen-bond donors (Lipinski definition) is 2. The van der Waals surface area contributed by atoms with Crippen LogP contribution in [0.1, 0.15) is 33.1 Å². The number of hydrogen-bond acceptors (Lipinski definition) is 3. The van der Waals surface area contributed by atoms with E-state index in [9.17, 15) is 4.79 Å². The Bertz CT molecular complexity index is 516. The summed E-state index contributed by atoms with van der Waals surface area (Å²) in [6, 6.07) is 5.40. The first-order valence-corrected chi connectivity index (χ1v) is 8.22. The van der Waals surface area contributed by atoms with E-state index in [0.717, 1.165) is 36.1 Å². The van der Waals surface area contributed by atoms with E-state index < -0.39 is 0 Å². The standard InChI is InChI=1S/C16H24BrN3O/c1-16(2)6-3-8-20(9-7-16)11-15(21)19-14-5-4-12(18)10-13(14)17/h4-5,10H,3,6-9,11,18H2,1-2H3,(H,19,21). The minimum atomic E-state index is 0.0279. The minimum Gasteiger partial charge on any atom is -0.399 e. The van der Waals surface area contributed by atoms with Gasteiger partial charge in [-0.1, -0.05) is 13.8 Å². The Labute approximate surface area is 135 Å². The molecule has 1 fully saturated rings. The molecule has 0 spiro atoms. The highest BCUT2D eigenvalue weighted by Gasteiger charge is 2.24. The maximum Gasteiger partial charge on any atom is 0.238 e. The molecule has 0 bridgehead atoms. The van der Waals surface area contributed by atoms with Crippen LogP contribution in [0.4, 0.5) is 11.4 Å². The van der Waals surface area contributed by atoms with E-state index in [1.165, 1.54) is 6.42 Å². The lowest BCUT2D eigenvalue weighted by Gasteiger charge is -2.23. The summed E-state index contributed by atoms with van der Waals surface area (Å²) in [6.45, 7) is 7.06. The second kappa shape index (κ2) is 6.79. The zero-order chi connectivity index (χ0) is 15.5. The van der Waals surface area contributed by atoms with Gasteiger partial charge in [0.1, 0.15) is 0 Å². The number of likely N-dealkylation sites (tertiary alicyclic amines) is 1. The number of nitrogens with two attached hydrogens (primary N) is 1. The molecule has 4 nitrogen and oxygen atoms in total. The van der Waals surface area contributed by atoms with Crippen LogP contribution in [-0.4, -0.2) is 30.4 Å². The van der Waals surface area contributed by atoms with Gasteiger partial charge >= 0.3 is 0 Å². The molecule has 0 unspecified atom stereocenters. The van der Waals surface area contributed by atoms with Gasteiger partial charge in [-0.15, -0.1) is 0 Å². The Hall–Kier alpha value is -1.07. The first-order chi connectivity index (χ1) is 9.85. The number of carbonyl (C=O) groups is 1. The zero-order valence-electron chi connectivity index (χ0n) is 12.8. The van der Waals surface area contributed by atoms with Gasteiger partial charge in [0.25, 0.3) is 0 Å². The minimum absolute atomic E-state index is 0.0279. The number of benzene rings is 1. The molecule has 1 amide bonds.